The number of alkyl halides is 3. The SMILES string of the molecule is CN(CC(F)(F)F)C(=O)CN1CCCNCC1. The second-order valence-corrected chi connectivity index (χ2v) is 4.24. The largest absolute Gasteiger partial charge is 0.406 e. The highest BCUT2D eigenvalue weighted by Crippen LogP contribution is 2.15. The molecule has 0 aromatic rings. The van der Waals surface area contributed by atoms with Crippen molar-refractivity contribution in [1.29, 1.82) is 0 Å². The van der Waals surface area contributed by atoms with Gasteiger partial charge in [-0.2, -0.15) is 13.2 Å². The van der Waals surface area contributed by atoms with Crippen molar-refractivity contribution in [3.63, 3.8) is 0 Å². The Labute approximate surface area is 98.7 Å². The van der Waals surface area contributed by atoms with Crippen molar-refractivity contribution in [3.05, 3.63) is 0 Å². The quantitative estimate of drug-likeness (QED) is 0.786. The average molecular weight is 253 g/mol. The van der Waals surface area contributed by atoms with Crippen LogP contribution in [0.4, 0.5) is 13.2 Å². The monoisotopic (exact) mass is 253 g/mol. The Balaban J connectivity index is 2.36. The number of carbonyl (C=O) groups excluding carboxylic acids is 1. The van der Waals surface area contributed by atoms with Gasteiger partial charge in [0.15, 0.2) is 0 Å². The molecular formula is C10H18F3N3O. The summed E-state index contributed by atoms with van der Waals surface area (Å²) in [5.41, 5.74) is 0. The highest BCUT2D eigenvalue weighted by atomic mass is 19.4. The lowest BCUT2D eigenvalue weighted by atomic mass is 10.3. The minimum atomic E-state index is -4.33. The molecule has 17 heavy (non-hydrogen) atoms. The van der Waals surface area contributed by atoms with Crippen molar-refractivity contribution >= 4 is 5.91 Å². The van der Waals surface area contributed by atoms with Crippen LogP contribution in [0.3, 0.4) is 0 Å². The molecule has 0 unspecified atom stereocenters. The molecule has 0 aromatic carbocycles. The van der Waals surface area contributed by atoms with E-state index in [1.54, 1.807) is 0 Å². The number of nitrogens with zero attached hydrogens (tertiary/aromatic N) is 2. The number of amides is 1. The van der Waals surface area contributed by atoms with Crippen molar-refractivity contribution < 1.29 is 18.0 Å². The van der Waals surface area contributed by atoms with Crippen LogP contribution in [0.5, 0.6) is 0 Å². The second-order valence-electron chi connectivity index (χ2n) is 4.24. The summed E-state index contributed by atoms with van der Waals surface area (Å²) in [6.07, 6.45) is -3.42. The smallest absolute Gasteiger partial charge is 0.336 e. The van der Waals surface area contributed by atoms with E-state index in [0.29, 0.717) is 6.54 Å². The fourth-order valence-electron chi connectivity index (χ4n) is 1.73. The van der Waals surface area contributed by atoms with E-state index in [1.165, 1.54) is 7.05 Å². The van der Waals surface area contributed by atoms with E-state index in [9.17, 15) is 18.0 Å². The summed E-state index contributed by atoms with van der Waals surface area (Å²) in [6, 6.07) is 0. The zero-order valence-corrected chi connectivity index (χ0v) is 9.89. The summed E-state index contributed by atoms with van der Waals surface area (Å²) in [6.45, 7) is 2.00. The maximum Gasteiger partial charge on any atom is 0.406 e. The summed E-state index contributed by atoms with van der Waals surface area (Å²) in [5.74, 6) is -0.482. The van der Waals surface area contributed by atoms with E-state index < -0.39 is 18.6 Å². The first-order chi connectivity index (χ1) is 7.88. The second kappa shape index (κ2) is 6.20. The molecular weight excluding hydrogens is 235 g/mol. The van der Waals surface area contributed by atoms with Gasteiger partial charge >= 0.3 is 6.18 Å². The zero-order valence-electron chi connectivity index (χ0n) is 9.89. The normalized spacial score (nSPS) is 18.8. The molecule has 1 heterocycles. The first kappa shape index (κ1) is 14.2. The van der Waals surface area contributed by atoms with Crippen LogP contribution in [0.2, 0.25) is 0 Å². The van der Waals surface area contributed by atoms with Crippen LogP contribution in [0.1, 0.15) is 6.42 Å². The van der Waals surface area contributed by atoms with Gasteiger partial charge in [0.25, 0.3) is 0 Å². The Morgan fingerprint density at radius 3 is 2.71 bits per heavy atom. The van der Waals surface area contributed by atoms with Crippen LogP contribution in [0, 0.1) is 0 Å². The van der Waals surface area contributed by atoms with Gasteiger partial charge in [0.05, 0.1) is 6.54 Å². The number of nitrogens with one attached hydrogen (secondary N) is 1. The topological polar surface area (TPSA) is 35.6 Å². The van der Waals surface area contributed by atoms with Crippen molar-refractivity contribution in [2.75, 3.05) is 46.3 Å². The predicted octanol–water partition coefficient (Wildman–Crippen LogP) is 0.302. The standard InChI is InChI=1S/C10H18F3N3O/c1-15(8-10(11,12)13)9(17)7-16-5-2-3-14-4-6-16/h14H,2-8H2,1H3. The van der Waals surface area contributed by atoms with Crippen molar-refractivity contribution in [2.24, 2.45) is 0 Å². The molecule has 4 nitrogen and oxygen atoms in total. The molecule has 1 aliphatic rings. The minimum Gasteiger partial charge on any atom is -0.336 e. The number of carbonyl (C=O) groups is 1. The van der Waals surface area contributed by atoms with Crippen molar-refractivity contribution in [1.82, 2.24) is 15.1 Å². The molecule has 1 rings (SSSR count). The van der Waals surface area contributed by atoms with Crippen LogP contribution in [0.15, 0.2) is 0 Å². The van der Waals surface area contributed by atoms with Crippen molar-refractivity contribution in [2.45, 2.75) is 12.6 Å². The van der Waals surface area contributed by atoms with Gasteiger partial charge in [0.2, 0.25) is 5.91 Å². The molecule has 1 saturated heterocycles. The Kier molecular flexibility index (Phi) is 5.20. The van der Waals surface area contributed by atoms with E-state index in [1.807, 2.05) is 4.90 Å². The molecule has 0 bridgehead atoms. The molecule has 0 aromatic heterocycles. The number of rotatable bonds is 3. The van der Waals surface area contributed by atoms with Crippen LogP contribution in [-0.4, -0.2) is 68.2 Å². The molecule has 0 radical (unpaired) electrons. The first-order valence-electron chi connectivity index (χ1n) is 5.62. The fourth-order valence-corrected chi connectivity index (χ4v) is 1.73. The Morgan fingerprint density at radius 2 is 2.06 bits per heavy atom. The predicted molar refractivity (Wildman–Crippen MR) is 57.6 cm³/mol. The molecule has 1 aliphatic heterocycles. The van der Waals surface area contributed by atoms with E-state index in [2.05, 4.69) is 5.32 Å². The van der Waals surface area contributed by atoms with Gasteiger partial charge in [-0.3, -0.25) is 9.69 Å². The highest BCUT2D eigenvalue weighted by Gasteiger charge is 2.31. The van der Waals surface area contributed by atoms with Crippen LogP contribution < -0.4 is 5.32 Å². The van der Waals surface area contributed by atoms with Gasteiger partial charge in [0.1, 0.15) is 6.54 Å². The number of halogens is 3. The Morgan fingerprint density at radius 1 is 1.35 bits per heavy atom. The summed E-state index contributed by atoms with van der Waals surface area (Å²) < 4.78 is 36.3. The average Bonchev–Trinajstić information content (AvgIpc) is 2.43. The molecule has 0 spiro atoms. The van der Waals surface area contributed by atoms with Gasteiger partial charge in [-0.15, -0.1) is 0 Å². The first-order valence-corrected chi connectivity index (χ1v) is 5.62. The molecule has 100 valence electrons. The van der Waals surface area contributed by atoms with Gasteiger partial charge < -0.3 is 10.2 Å². The Bertz CT molecular complexity index is 250. The van der Waals surface area contributed by atoms with E-state index in [4.69, 9.17) is 0 Å². The fraction of sp³-hybridized carbons (Fsp3) is 0.900. The summed E-state index contributed by atoms with van der Waals surface area (Å²) in [4.78, 5) is 14.2. The van der Waals surface area contributed by atoms with Gasteiger partial charge in [-0.25, -0.2) is 0 Å². The van der Waals surface area contributed by atoms with Crippen LogP contribution >= 0.6 is 0 Å². The molecule has 0 atom stereocenters. The highest BCUT2D eigenvalue weighted by molar-refractivity contribution is 5.78. The maximum absolute atomic E-state index is 12.1. The molecule has 7 heteroatoms. The summed E-state index contributed by atoms with van der Waals surface area (Å²) >= 11 is 0. The minimum absolute atomic E-state index is 0.0637. The zero-order chi connectivity index (χ0) is 12.9. The maximum atomic E-state index is 12.1. The third-order valence-corrected chi connectivity index (χ3v) is 2.63. The third kappa shape index (κ3) is 5.88. The lowest BCUT2D eigenvalue weighted by molar-refractivity contribution is -0.159. The summed E-state index contributed by atoms with van der Waals surface area (Å²) in [5, 5.41) is 3.17. The van der Waals surface area contributed by atoms with Gasteiger partial charge in [-0.1, -0.05) is 0 Å². The number of hydrogen-bond acceptors (Lipinski definition) is 3. The van der Waals surface area contributed by atoms with E-state index >= 15 is 0 Å². The molecule has 0 saturated carbocycles. The lowest BCUT2D eigenvalue weighted by Crippen LogP contribution is -2.43. The van der Waals surface area contributed by atoms with Gasteiger partial charge in [0, 0.05) is 20.1 Å². The number of hydrogen-bond donors (Lipinski definition) is 1. The molecule has 0 aliphatic carbocycles. The third-order valence-electron chi connectivity index (χ3n) is 2.63. The Hall–Kier alpha value is -0.820. The van der Waals surface area contributed by atoms with Crippen molar-refractivity contribution in [3.8, 4) is 0 Å². The summed E-state index contributed by atoms with van der Waals surface area (Å²) in [7, 11) is 1.19. The van der Waals surface area contributed by atoms with E-state index in [-0.39, 0.29) is 6.54 Å². The van der Waals surface area contributed by atoms with Crippen LogP contribution in [-0.2, 0) is 4.79 Å². The molecule has 1 fully saturated rings. The number of likely N-dealkylation sites (N-methyl/N-ethyl adjacent to an activating group) is 1. The molecule has 1 N–H and O–H groups in total. The lowest BCUT2D eigenvalue weighted by Gasteiger charge is -2.24. The molecule has 1 amide bonds. The van der Waals surface area contributed by atoms with Gasteiger partial charge in [-0.05, 0) is 19.5 Å². The van der Waals surface area contributed by atoms with Crippen LogP contribution in [0.25, 0.3) is 0 Å². The van der Waals surface area contributed by atoms with E-state index in [0.717, 1.165) is 31.0 Å².